The van der Waals surface area contributed by atoms with Gasteiger partial charge >= 0.3 is 0 Å². The third-order valence-electron chi connectivity index (χ3n) is 3.45. The van der Waals surface area contributed by atoms with Crippen molar-refractivity contribution in [2.45, 2.75) is 0 Å². The number of halogens is 1. The van der Waals surface area contributed by atoms with Gasteiger partial charge in [-0.3, -0.25) is 0 Å². The number of fused-ring (bicyclic) bond motifs is 1. The number of nitrogens with zero attached hydrogens (tertiary/aromatic N) is 2. The van der Waals surface area contributed by atoms with E-state index in [9.17, 15) is 10.5 Å². The molecule has 22 heavy (non-hydrogen) atoms. The van der Waals surface area contributed by atoms with Gasteiger partial charge in [0.1, 0.15) is 17.7 Å². The smallest absolute Gasteiger partial charge is 0.138 e. The molecule has 0 aliphatic rings. The number of benzene rings is 2. The summed E-state index contributed by atoms with van der Waals surface area (Å²) >= 11 is 6.09. The van der Waals surface area contributed by atoms with Crippen molar-refractivity contribution in [2.24, 2.45) is 0 Å². The average molecular weight is 304 g/mol. The third kappa shape index (κ3) is 2.35. The van der Waals surface area contributed by atoms with Gasteiger partial charge < -0.3 is 4.98 Å². The highest BCUT2D eigenvalue weighted by atomic mass is 35.5. The van der Waals surface area contributed by atoms with Gasteiger partial charge in [0.15, 0.2) is 0 Å². The van der Waals surface area contributed by atoms with Gasteiger partial charge in [0, 0.05) is 33.3 Å². The number of H-pyrrole nitrogens is 1. The van der Waals surface area contributed by atoms with Gasteiger partial charge in [0.2, 0.25) is 0 Å². The Kier molecular flexibility index (Phi) is 3.66. The van der Waals surface area contributed by atoms with Gasteiger partial charge in [-0.25, -0.2) is 0 Å². The predicted molar refractivity (Wildman–Crippen MR) is 87.0 cm³/mol. The highest BCUT2D eigenvalue weighted by Gasteiger charge is 2.16. The number of nitriles is 2. The summed E-state index contributed by atoms with van der Waals surface area (Å²) in [5, 5.41) is 20.1. The fourth-order valence-electron chi connectivity index (χ4n) is 2.48. The highest BCUT2D eigenvalue weighted by molar-refractivity contribution is 6.31. The average Bonchev–Trinajstić information content (AvgIpc) is 2.96. The van der Waals surface area contributed by atoms with Gasteiger partial charge in [-0.1, -0.05) is 41.9 Å². The number of nitrogens with one attached hydrogen (secondary N) is 1. The minimum atomic E-state index is 0.0760. The molecule has 1 aromatic heterocycles. The monoisotopic (exact) mass is 303 g/mol. The fraction of sp³-hybridized carbons (Fsp3) is 0. The van der Waals surface area contributed by atoms with Crippen LogP contribution in [0, 0.1) is 22.7 Å². The topological polar surface area (TPSA) is 63.4 Å². The summed E-state index contributed by atoms with van der Waals surface area (Å²) in [5.74, 6) is 0. The largest absolute Gasteiger partial charge is 0.361 e. The number of aromatic nitrogens is 1. The molecule has 3 nitrogen and oxygen atoms in total. The number of hydrogen-bond acceptors (Lipinski definition) is 2. The molecule has 104 valence electrons. The van der Waals surface area contributed by atoms with Gasteiger partial charge in [0.05, 0.1) is 0 Å². The first-order chi connectivity index (χ1) is 10.7. The number of rotatable bonds is 2. The SMILES string of the molecule is N#CC(C#N)=C(c1ccccc1)c1c[nH]c2ccc(Cl)cc12. The van der Waals surface area contributed by atoms with Crippen LogP contribution in [0.4, 0.5) is 0 Å². The molecule has 1 heterocycles. The second-order valence-electron chi connectivity index (χ2n) is 4.73. The lowest BCUT2D eigenvalue weighted by Gasteiger charge is -2.07. The van der Waals surface area contributed by atoms with Crippen molar-refractivity contribution in [1.82, 2.24) is 4.98 Å². The van der Waals surface area contributed by atoms with E-state index in [1.54, 1.807) is 12.3 Å². The molecule has 0 atom stereocenters. The highest BCUT2D eigenvalue weighted by Crippen LogP contribution is 2.33. The molecule has 0 aliphatic heterocycles. The van der Waals surface area contributed by atoms with Crippen LogP contribution >= 0.6 is 11.6 Å². The third-order valence-corrected chi connectivity index (χ3v) is 3.68. The second-order valence-corrected chi connectivity index (χ2v) is 5.17. The zero-order chi connectivity index (χ0) is 15.5. The quantitative estimate of drug-likeness (QED) is 0.699. The van der Waals surface area contributed by atoms with Gasteiger partial charge in [0.25, 0.3) is 0 Å². The molecule has 0 saturated carbocycles. The van der Waals surface area contributed by atoms with E-state index in [0.717, 1.165) is 22.0 Å². The summed E-state index contributed by atoms with van der Waals surface area (Å²) in [4.78, 5) is 3.16. The van der Waals surface area contributed by atoms with E-state index in [1.807, 2.05) is 54.6 Å². The Morgan fingerprint density at radius 2 is 1.73 bits per heavy atom. The van der Waals surface area contributed by atoms with Crippen LogP contribution in [-0.4, -0.2) is 4.98 Å². The van der Waals surface area contributed by atoms with E-state index >= 15 is 0 Å². The Labute approximate surface area is 132 Å². The summed E-state index contributed by atoms with van der Waals surface area (Å²) in [7, 11) is 0. The van der Waals surface area contributed by atoms with E-state index in [4.69, 9.17) is 11.6 Å². The maximum atomic E-state index is 9.32. The summed E-state index contributed by atoms with van der Waals surface area (Å²) in [6.07, 6.45) is 1.80. The van der Waals surface area contributed by atoms with Crippen LogP contribution in [0.3, 0.4) is 0 Å². The summed E-state index contributed by atoms with van der Waals surface area (Å²) in [5.41, 5.74) is 3.21. The Balaban J connectivity index is 2.36. The van der Waals surface area contributed by atoms with Crippen LogP contribution in [0.25, 0.3) is 16.5 Å². The second kappa shape index (κ2) is 5.77. The first-order valence-corrected chi connectivity index (χ1v) is 6.99. The molecule has 3 aromatic rings. The van der Waals surface area contributed by atoms with Crippen molar-refractivity contribution >= 4 is 28.1 Å². The van der Waals surface area contributed by atoms with Crippen molar-refractivity contribution in [2.75, 3.05) is 0 Å². The minimum Gasteiger partial charge on any atom is -0.361 e. The lowest BCUT2D eigenvalue weighted by molar-refractivity contribution is 1.43. The normalized spacial score (nSPS) is 9.95. The summed E-state index contributed by atoms with van der Waals surface area (Å²) < 4.78 is 0. The molecule has 2 aromatic carbocycles. The summed E-state index contributed by atoms with van der Waals surface area (Å²) in [6.45, 7) is 0. The Morgan fingerprint density at radius 1 is 1.00 bits per heavy atom. The van der Waals surface area contributed by atoms with E-state index in [-0.39, 0.29) is 5.57 Å². The molecular weight excluding hydrogens is 294 g/mol. The number of hydrogen-bond donors (Lipinski definition) is 1. The Hall–Kier alpha value is -3.01. The lowest BCUT2D eigenvalue weighted by atomic mass is 9.93. The van der Waals surface area contributed by atoms with E-state index < -0.39 is 0 Å². The van der Waals surface area contributed by atoms with Crippen molar-refractivity contribution in [3.05, 3.63) is 76.5 Å². The molecule has 0 bridgehead atoms. The molecule has 0 aliphatic carbocycles. The van der Waals surface area contributed by atoms with Crippen molar-refractivity contribution in [3.63, 3.8) is 0 Å². The fourth-order valence-corrected chi connectivity index (χ4v) is 2.65. The Morgan fingerprint density at radius 3 is 2.41 bits per heavy atom. The van der Waals surface area contributed by atoms with Crippen LogP contribution in [0.5, 0.6) is 0 Å². The van der Waals surface area contributed by atoms with Crippen LogP contribution in [-0.2, 0) is 0 Å². The maximum absolute atomic E-state index is 9.32. The minimum absolute atomic E-state index is 0.0760. The molecule has 0 fully saturated rings. The van der Waals surface area contributed by atoms with Gasteiger partial charge in [-0.05, 0) is 23.8 Å². The van der Waals surface area contributed by atoms with Crippen molar-refractivity contribution < 1.29 is 0 Å². The van der Waals surface area contributed by atoms with Crippen LogP contribution in [0.2, 0.25) is 5.02 Å². The summed E-state index contributed by atoms with van der Waals surface area (Å²) in [6, 6.07) is 18.9. The van der Waals surface area contributed by atoms with Crippen molar-refractivity contribution in [3.8, 4) is 12.1 Å². The van der Waals surface area contributed by atoms with Crippen molar-refractivity contribution in [1.29, 1.82) is 10.5 Å². The molecule has 0 spiro atoms. The molecule has 0 saturated heterocycles. The van der Waals surface area contributed by atoms with E-state index in [0.29, 0.717) is 10.6 Å². The molecule has 0 unspecified atom stereocenters. The first kappa shape index (κ1) is 13.9. The van der Waals surface area contributed by atoms with Crippen LogP contribution in [0.1, 0.15) is 11.1 Å². The molecule has 0 radical (unpaired) electrons. The first-order valence-electron chi connectivity index (χ1n) is 6.61. The number of aromatic amines is 1. The number of allylic oxidation sites excluding steroid dienone is 1. The molecule has 1 N–H and O–H groups in total. The van der Waals surface area contributed by atoms with Crippen LogP contribution in [0.15, 0.2) is 60.3 Å². The standard InChI is InChI=1S/C18H10ClN3/c19-14-6-7-17-15(8-14)16(11-22-17)18(13(9-20)10-21)12-4-2-1-3-5-12/h1-8,11,22H. The zero-order valence-electron chi connectivity index (χ0n) is 11.5. The van der Waals surface area contributed by atoms with E-state index in [2.05, 4.69) is 4.98 Å². The van der Waals surface area contributed by atoms with Gasteiger partial charge in [-0.15, -0.1) is 0 Å². The molecular formula is C18H10ClN3. The Bertz CT molecular complexity index is 937. The maximum Gasteiger partial charge on any atom is 0.138 e. The zero-order valence-corrected chi connectivity index (χ0v) is 12.2. The van der Waals surface area contributed by atoms with E-state index in [1.165, 1.54) is 0 Å². The molecule has 0 amide bonds. The lowest BCUT2D eigenvalue weighted by Crippen LogP contribution is -1.91. The predicted octanol–water partition coefficient (Wildman–Crippen LogP) is 4.67. The van der Waals surface area contributed by atoms with Gasteiger partial charge in [-0.2, -0.15) is 10.5 Å². The molecule has 4 heteroatoms. The molecule has 3 rings (SSSR count). The van der Waals surface area contributed by atoms with Crippen LogP contribution < -0.4 is 0 Å².